The van der Waals surface area contributed by atoms with Crippen molar-refractivity contribution in [2.75, 3.05) is 5.75 Å². The smallest absolute Gasteiger partial charge is 0.185 e. The molecule has 1 rings (SSSR count). The van der Waals surface area contributed by atoms with E-state index < -0.39 is 12.2 Å². The fourth-order valence-electron chi connectivity index (χ4n) is 1.60. The maximum absolute atomic E-state index is 10.7. The molecule has 0 fully saturated rings. The van der Waals surface area contributed by atoms with E-state index in [2.05, 4.69) is 5.10 Å². The molecule has 96 valence electrons. The first-order chi connectivity index (χ1) is 7.91. The van der Waals surface area contributed by atoms with E-state index in [-0.39, 0.29) is 5.12 Å². The molecule has 2 atom stereocenters. The van der Waals surface area contributed by atoms with Crippen molar-refractivity contribution in [3.05, 3.63) is 17.5 Å². The predicted octanol–water partition coefficient (Wildman–Crippen LogP) is 0.793. The number of carbonyl (C=O) groups is 1. The molecular formula is C11H18N2O3S. The lowest BCUT2D eigenvalue weighted by atomic mass is 10.0. The van der Waals surface area contributed by atoms with Crippen molar-refractivity contribution < 1.29 is 15.0 Å². The maximum Gasteiger partial charge on any atom is 0.185 e. The summed E-state index contributed by atoms with van der Waals surface area (Å²) in [6.07, 6.45) is 0.252. The number of aliphatic hydroxyl groups is 2. The summed E-state index contributed by atoms with van der Waals surface area (Å²) >= 11 is 1.15. The lowest BCUT2D eigenvalue weighted by Gasteiger charge is -2.16. The number of aryl methyl sites for hydroxylation is 2. The Morgan fingerprint density at radius 1 is 1.59 bits per heavy atom. The van der Waals surface area contributed by atoms with Crippen molar-refractivity contribution in [2.24, 2.45) is 7.05 Å². The van der Waals surface area contributed by atoms with Crippen LogP contribution in [0, 0.1) is 6.92 Å². The fourth-order valence-corrected chi connectivity index (χ4v) is 2.24. The minimum Gasteiger partial charge on any atom is -0.390 e. The third-order valence-corrected chi connectivity index (χ3v) is 3.30. The van der Waals surface area contributed by atoms with Crippen LogP contribution in [0.5, 0.6) is 0 Å². The van der Waals surface area contributed by atoms with Crippen molar-refractivity contribution in [3.63, 3.8) is 0 Å². The number of hydrogen-bond donors (Lipinski definition) is 2. The van der Waals surface area contributed by atoms with Gasteiger partial charge >= 0.3 is 0 Å². The van der Waals surface area contributed by atoms with Gasteiger partial charge in [0.1, 0.15) is 6.10 Å². The van der Waals surface area contributed by atoms with Crippen LogP contribution >= 0.6 is 11.8 Å². The van der Waals surface area contributed by atoms with Crippen LogP contribution < -0.4 is 0 Å². The van der Waals surface area contributed by atoms with Crippen LogP contribution in [0.3, 0.4) is 0 Å². The Bertz CT molecular complexity index is 392. The average Bonchev–Trinajstić information content (AvgIpc) is 2.56. The molecule has 1 heterocycles. The van der Waals surface area contributed by atoms with Gasteiger partial charge in [-0.05, 0) is 13.3 Å². The maximum atomic E-state index is 10.7. The molecule has 1 aromatic rings. The highest BCUT2D eigenvalue weighted by molar-refractivity contribution is 8.13. The number of rotatable bonds is 5. The Morgan fingerprint density at radius 2 is 2.24 bits per heavy atom. The van der Waals surface area contributed by atoms with Crippen LogP contribution in [0.2, 0.25) is 0 Å². The predicted molar refractivity (Wildman–Crippen MR) is 66.7 cm³/mol. The Hall–Kier alpha value is -0.850. The highest BCUT2D eigenvalue weighted by atomic mass is 32.2. The molecule has 2 N–H and O–H groups in total. The lowest BCUT2D eigenvalue weighted by Crippen LogP contribution is -2.19. The van der Waals surface area contributed by atoms with Gasteiger partial charge in [-0.2, -0.15) is 5.10 Å². The first-order valence-corrected chi connectivity index (χ1v) is 6.40. The normalized spacial score (nSPS) is 14.6. The Kier molecular flexibility index (Phi) is 5.17. The molecule has 0 bridgehead atoms. The minimum atomic E-state index is -0.948. The molecule has 0 aliphatic heterocycles. The number of thioether (sulfide) groups is 1. The SMILES string of the molecule is CC(=O)SCCC(O)C(O)c1cn(C)nc1C. The van der Waals surface area contributed by atoms with Crippen LogP contribution in [0.4, 0.5) is 0 Å². The summed E-state index contributed by atoms with van der Waals surface area (Å²) in [7, 11) is 1.77. The zero-order chi connectivity index (χ0) is 13.0. The van der Waals surface area contributed by atoms with Crippen molar-refractivity contribution >= 4 is 16.9 Å². The van der Waals surface area contributed by atoms with Crippen molar-refractivity contribution in [1.29, 1.82) is 0 Å². The third-order valence-electron chi connectivity index (χ3n) is 2.45. The molecule has 1 aromatic heterocycles. The van der Waals surface area contributed by atoms with E-state index in [0.717, 1.165) is 11.8 Å². The quantitative estimate of drug-likeness (QED) is 0.817. The number of nitrogens with zero attached hydrogens (tertiary/aromatic N) is 2. The Balaban J connectivity index is 2.54. The van der Waals surface area contributed by atoms with Gasteiger partial charge < -0.3 is 10.2 Å². The summed E-state index contributed by atoms with van der Waals surface area (Å²) in [5.74, 6) is 0.507. The molecule has 0 saturated carbocycles. The summed E-state index contributed by atoms with van der Waals surface area (Å²) in [6.45, 7) is 3.27. The first-order valence-electron chi connectivity index (χ1n) is 5.41. The molecule has 0 saturated heterocycles. The van der Waals surface area contributed by atoms with Gasteiger partial charge in [0.05, 0.1) is 11.8 Å². The molecule has 0 aliphatic rings. The second kappa shape index (κ2) is 6.18. The molecule has 0 spiro atoms. The third kappa shape index (κ3) is 4.14. The Morgan fingerprint density at radius 3 is 2.71 bits per heavy atom. The van der Waals surface area contributed by atoms with Crippen LogP contribution in [0.1, 0.15) is 30.7 Å². The van der Waals surface area contributed by atoms with Gasteiger partial charge in [0, 0.05) is 31.5 Å². The molecule has 6 heteroatoms. The van der Waals surface area contributed by atoms with Crippen LogP contribution in [0.25, 0.3) is 0 Å². The zero-order valence-electron chi connectivity index (χ0n) is 10.3. The first kappa shape index (κ1) is 14.2. The van der Waals surface area contributed by atoms with Crippen LogP contribution in [0.15, 0.2) is 6.20 Å². The summed E-state index contributed by atoms with van der Waals surface area (Å²) in [5, 5.41) is 23.9. The summed E-state index contributed by atoms with van der Waals surface area (Å²) < 4.78 is 1.60. The van der Waals surface area contributed by atoms with E-state index in [9.17, 15) is 15.0 Å². The van der Waals surface area contributed by atoms with Gasteiger partial charge in [0.25, 0.3) is 0 Å². The van der Waals surface area contributed by atoms with Gasteiger partial charge in [-0.25, -0.2) is 0 Å². The van der Waals surface area contributed by atoms with Gasteiger partial charge in [-0.15, -0.1) is 0 Å². The zero-order valence-corrected chi connectivity index (χ0v) is 11.1. The van der Waals surface area contributed by atoms with E-state index in [1.165, 1.54) is 6.92 Å². The lowest BCUT2D eigenvalue weighted by molar-refractivity contribution is -0.109. The fraction of sp³-hybridized carbons (Fsp3) is 0.636. The van der Waals surface area contributed by atoms with E-state index in [1.807, 2.05) is 0 Å². The highest BCUT2D eigenvalue weighted by Gasteiger charge is 2.21. The average molecular weight is 258 g/mol. The molecule has 17 heavy (non-hydrogen) atoms. The number of hydrogen-bond acceptors (Lipinski definition) is 5. The van der Waals surface area contributed by atoms with Gasteiger partial charge in [0.15, 0.2) is 5.12 Å². The number of aliphatic hydroxyl groups excluding tert-OH is 2. The largest absolute Gasteiger partial charge is 0.390 e. The van der Waals surface area contributed by atoms with Gasteiger partial charge in [0.2, 0.25) is 0 Å². The topological polar surface area (TPSA) is 75.3 Å². The summed E-state index contributed by atoms with van der Waals surface area (Å²) in [5.41, 5.74) is 1.34. The second-order valence-corrected chi connectivity index (χ2v) is 5.26. The molecule has 0 amide bonds. The van der Waals surface area contributed by atoms with Crippen molar-refractivity contribution in [2.45, 2.75) is 32.5 Å². The summed E-state index contributed by atoms with van der Waals surface area (Å²) in [6, 6.07) is 0. The summed E-state index contributed by atoms with van der Waals surface area (Å²) in [4.78, 5) is 10.7. The van der Waals surface area contributed by atoms with Crippen LogP contribution in [-0.2, 0) is 11.8 Å². The molecule has 5 nitrogen and oxygen atoms in total. The van der Waals surface area contributed by atoms with E-state index in [0.29, 0.717) is 23.4 Å². The minimum absolute atomic E-state index is 0.0178. The van der Waals surface area contributed by atoms with Crippen molar-refractivity contribution in [3.8, 4) is 0 Å². The second-order valence-electron chi connectivity index (χ2n) is 3.98. The molecule has 0 aromatic carbocycles. The highest BCUT2D eigenvalue weighted by Crippen LogP contribution is 2.22. The van der Waals surface area contributed by atoms with E-state index >= 15 is 0 Å². The Labute approximate surface area is 105 Å². The van der Waals surface area contributed by atoms with Gasteiger partial charge in [-0.1, -0.05) is 11.8 Å². The molecule has 0 aliphatic carbocycles. The van der Waals surface area contributed by atoms with Crippen molar-refractivity contribution in [1.82, 2.24) is 9.78 Å². The van der Waals surface area contributed by atoms with Crippen LogP contribution in [-0.4, -0.2) is 37.0 Å². The molecule has 0 radical (unpaired) electrons. The number of aromatic nitrogens is 2. The molecule has 2 unspecified atom stereocenters. The standard InChI is InChI=1S/C11H18N2O3S/c1-7-9(6-13(3)12-7)11(16)10(15)4-5-17-8(2)14/h6,10-11,15-16H,4-5H2,1-3H3. The molecular weight excluding hydrogens is 240 g/mol. The van der Waals surface area contributed by atoms with E-state index in [1.54, 1.807) is 24.9 Å². The van der Waals surface area contributed by atoms with Gasteiger partial charge in [-0.3, -0.25) is 9.48 Å². The van der Waals surface area contributed by atoms with E-state index in [4.69, 9.17) is 0 Å². The number of carbonyl (C=O) groups excluding carboxylic acids is 1. The monoisotopic (exact) mass is 258 g/mol.